The number of benzene rings is 3. The van der Waals surface area contributed by atoms with Gasteiger partial charge < -0.3 is 10.2 Å². The van der Waals surface area contributed by atoms with Crippen LogP contribution in [0.5, 0.6) is 0 Å². The molecule has 0 spiro atoms. The van der Waals surface area contributed by atoms with Gasteiger partial charge in [-0.25, -0.2) is 8.42 Å². The number of nitrogens with one attached hydrogen (secondary N) is 1. The minimum atomic E-state index is -4.09. The van der Waals surface area contributed by atoms with Crippen molar-refractivity contribution >= 4 is 27.5 Å². The molecule has 0 aliphatic carbocycles. The number of hydrogen-bond donors (Lipinski definition) is 1. The molecule has 40 heavy (non-hydrogen) atoms. The first-order chi connectivity index (χ1) is 18.9. The number of anilines is 1. The highest BCUT2D eigenvalue weighted by molar-refractivity contribution is 7.92. The number of amides is 2. The normalized spacial score (nSPS) is 12.2. The van der Waals surface area contributed by atoms with Gasteiger partial charge in [0, 0.05) is 12.6 Å². The van der Waals surface area contributed by atoms with Crippen molar-refractivity contribution in [2.45, 2.75) is 71.4 Å². The standard InChI is InChI=1S/C32H41N3O4S/c1-7-29(32(37)33-23(2)3)34(21-20-27-13-9-8-10-14-27)31(36)22-35(30-15-11-12-25(5)26(30)6)40(38,39)28-18-16-24(4)17-19-28/h8-19,23,29H,7,20-22H2,1-6H3,(H,33,37)/t29-/m1/s1. The number of sulfonamides is 1. The van der Waals surface area contributed by atoms with Crippen molar-refractivity contribution in [2.75, 3.05) is 17.4 Å². The first-order valence-corrected chi connectivity index (χ1v) is 15.2. The minimum Gasteiger partial charge on any atom is -0.352 e. The quantitative estimate of drug-likeness (QED) is 0.329. The van der Waals surface area contributed by atoms with Gasteiger partial charge in [0.2, 0.25) is 11.8 Å². The van der Waals surface area contributed by atoms with Crippen molar-refractivity contribution in [3.63, 3.8) is 0 Å². The molecular weight excluding hydrogens is 522 g/mol. The molecule has 214 valence electrons. The molecule has 0 aliphatic heterocycles. The van der Waals surface area contributed by atoms with Gasteiger partial charge in [-0.2, -0.15) is 0 Å². The lowest BCUT2D eigenvalue weighted by molar-refractivity contribution is -0.139. The lowest BCUT2D eigenvalue weighted by Gasteiger charge is -2.34. The number of aryl methyl sites for hydroxylation is 2. The van der Waals surface area contributed by atoms with E-state index in [9.17, 15) is 18.0 Å². The maximum Gasteiger partial charge on any atom is 0.264 e. The van der Waals surface area contributed by atoms with Gasteiger partial charge in [-0.1, -0.05) is 67.1 Å². The molecule has 3 aromatic carbocycles. The Hall–Kier alpha value is -3.65. The van der Waals surface area contributed by atoms with Crippen LogP contribution in [0.15, 0.2) is 77.7 Å². The van der Waals surface area contributed by atoms with Crippen LogP contribution in [0.4, 0.5) is 5.69 Å². The zero-order chi connectivity index (χ0) is 29.4. The lowest BCUT2D eigenvalue weighted by atomic mass is 10.1. The molecule has 8 heteroatoms. The Balaban J connectivity index is 2.05. The van der Waals surface area contributed by atoms with Gasteiger partial charge in [-0.05, 0) is 82.3 Å². The monoisotopic (exact) mass is 563 g/mol. The van der Waals surface area contributed by atoms with Crippen molar-refractivity contribution in [3.8, 4) is 0 Å². The van der Waals surface area contributed by atoms with E-state index in [0.717, 1.165) is 22.3 Å². The second kappa shape index (κ2) is 13.6. The van der Waals surface area contributed by atoms with Crippen LogP contribution in [0.25, 0.3) is 0 Å². The zero-order valence-corrected chi connectivity index (χ0v) is 25.2. The SMILES string of the molecule is CC[C@H](C(=O)NC(C)C)N(CCc1ccccc1)C(=O)CN(c1cccc(C)c1C)S(=O)(=O)c1ccc(C)cc1. The summed E-state index contributed by atoms with van der Waals surface area (Å²) in [6.45, 7) is 11.1. The molecule has 3 rings (SSSR count). The molecule has 0 saturated carbocycles. The Labute approximate surface area is 239 Å². The van der Waals surface area contributed by atoms with E-state index < -0.39 is 28.5 Å². The van der Waals surface area contributed by atoms with Gasteiger partial charge in [-0.3, -0.25) is 13.9 Å². The summed E-state index contributed by atoms with van der Waals surface area (Å²) >= 11 is 0. The maximum atomic E-state index is 14.1. The highest BCUT2D eigenvalue weighted by atomic mass is 32.2. The Morgan fingerprint density at radius 3 is 2.12 bits per heavy atom. The number of hydrogen-bond acceptors (Lipinski definition) is 4. The number of nitrogens with zero attached hydrogens (tertiary/aromatic N) is 2. The van der Waals surface area contributed by atoms with E-state index in [0.29, 0.717) is 18.5 Å². The fourth-order valence-corrected chi connectivity index (χ4v) is 6.10. The third-order valence-corrected chi connectivity index (χ3v) is 8.81. The third-order valence-electron chi connectivity index (χ3n) is 7.03. The first-order valence-electron chi connectivity index (χ1n) is 13.7. The van der Waals surface area contributed by atoms with Crippen molar-refractivity contribution in [1.82, 2.24) is 10.2 Å². The molecule has 0 unspecified atom stereocenters. The number of carbonyl (C=O) groups is 2. The average molecular weight is 564 g/mol. The Bertz CT molecular complexity index is 1400. The molecule has 1 N–H and O–H groups in total. The molecule has 7 nitrogen and oxygen atoms in total. The minimum absolute atomic E-state index is 0.0963. The Kier molecular flexibility index (Phi) is 10.5. The highest BCUT2D eigenvalue weighted by Crippen LogP contribution is 2.29. The summed E-state index contributed by atoms with van der Waals surface area (Å²) < 4.78 is 29.3. The van der Waals surface area contributed by atoms with E-state index in [-0.39, 0.29) is 23.4 Å². The van der Waals surface area contributed by atoms with Gasteiger partial charge in [0.05, 0.1) is 10.6 Å². The van der Waals surface area contributed by atoms with Crippen molar-refractivity contribution in [2.24, 2.45) is 0 Å². The fraction of sp³-hybridized carbons (Fsp3) is 0.375. The van der Waals surface area contributed by atoms with Crippen LogP contribution in [0.1, 0.15) is 49.4 Å². The molecule has 0 fully saturated rings. The smallest absolute Gasteiger partial charge is 0.264 e. The average Bonchev–Trinajstić information content (AvgIpc) is 2.91. The predicted octanol–water partition coefficient (Wildman–Crippen LogP) is 5.18. The molecule has 0 saturated heterocycles. The second-order valence-electron chi connectivity index (χ2n) is 10.5. The largest absolute Gasteiger partial charge is 0.352 e. The van der Waals surface area contributed by atoms with E-state index >= 15 is 0 Å². The van der Waals surface area contributed by atoms with Crippen molar-refractivity contribution in [3.05, 3.63) is 95.1 Å². The topological polar surface area (TPSA) is 86.8 Å². The molecule has 0 heterocycles. The van der Waals surface area contributed by atoms with E-state index in [1.54, 1.807) is 36.4 Å². The molecule has 1 atom stereocenters. The van der Waals surface area contributed by atoms with Crippen LogP contribution < -0.4 is 9.62 Å². The first kappa shape index (κ1) is 30.9. The van der Waals surface area contributed by atoms with Crippen LogP contribution >= 0.6 is 0 Å². The van der Waals surface area contributed by atoms with Gasteiger partial charge in [0.25, 0.3) is 10.0 Å². The van der Waals surface area contributed by atoms with Crippen LogP contribution in [0.3, 0.4) is 0 Å². The zero-order valence-electron chi connectivity index (χ0n) is 24.3. The fourth-order valence-electron chi connectivity index (χ4n) is 4.63. The molecule has 0 aromatic heterocycles. The van der Waals surface area contributed by atoms with Gasteiger partial charge in [0.15, 0.2) is 0 Å². The summed E-state index contributed by atoms with van der Waals surface area (Å²) in [6.07, 6.45) is 0.930. The summed E-state index contributed by atoms with van der Waals surface area (Å²) in [5.41, 5.74) is 4.08. The van der Waals surface area contributed by atoms with E-state index in [1.807, 2.05) is 77.9 Å². The highest BCUT2D eigenvalue weighted by Gasteiger charge is 2.34. The van der Waals surface area contributed by atoms with Gasteiger partial charge in [-0.15, -0.1) is 0 Å². The summed E-state index contributed by atoms with van der Waals surface area (Å²) in [7, 11) is -4.09. The van der Waals surface area contributed by atoms with Crippen LogP contribution in [0, 0.1) is 20.8 Å². The Morgan fingerprint density at radius 2 is 1.52 bits per heavy atom. The van der Waals surface area contributed by atoms with Gasteiger partial charge in [0.1, 0.15) is 12.6 Å². The number of rotatable bonds is 12. The molecule has 2 amide bonds. The van der Waals surface area contributed by atoms with E-state index in [4.69, 9.17) is 0 Å². The van der Waals surface area contributed by atoms with Crippen molar-refractivity contribution in [1.29, 1.82) is 0 Å². The number of carbonyl (C=O) groups excluding carboxylic acids is 2. The summed E-state index contributed by atoms with van der Waals surface area (Å²) in [5, 5.41) is 2.93. The predicted molar refractivity (Wildman–Crippen MR) is 161 cm³/mol. The summed E-state index contributed by atoms with van der Waals surface area (Å²) in [5.74, 6) is -0.683. The lowest BCUT2D eigenvalue weighted by Crippen LogP contribution is -2.54. The summed E-state index contributed by atoms with van der Waals surface area (Å²) in [4.78, 5) is 29.0. The summed E-state index contributed by atoms with van der Waals surface area (Å²) in [6, 6.07) is 20.9. The molecule has 0 bridgehead atoms. The molecular formula is C32H41N3O4S. The maximum absolute atomic E-state index is 14.1. The van der Waals surface area contributed by atoms with Crippen LogP contribution in [-0.2, 0) is 26.0 Å². The Morgan fingerprint density at radius 1 is 0.875 bits per heavy atom. The van der Waals surface area contributed by atoms with Crippen LogP contribution in [-0.4, -0.2) is 50.3 Å². The second-order valence-corrected chi connectivity index (χ2v) is 12.3. The van der Waals surface area contributed by atoms with E-state index in [1.165, 1.54) is 9.21 Å². The van der Waals surface area contributed by atoms with Crippen LogP contribution in [0.2, 0.25) is 0 Å². The van der Waals surface area contributed by atoms with E-state index in [2.05, 4.69) is 5.32 Å². The molecule has 0 radical (unpaired) electrons. The van der Waals surface area contributed by atoms with Crippen molar-refractivity contribution < 1.29 is 18.0 Å². The van der Waals surface area contributed by atoms with Gasteiger partial charge >= 0.3 is 0 Å². The molecule has 0 aliphatic rings. The third kappa shape index (κ3) is 7.50. The molecule has 3 aromatic rings.